The van der Waals surface area contributed by atoms with Crippen molar-refractivity contribution in [2.24, 2.45) is 40.6 Å². The summed E-state index contributed by atoms with van der Waals surface area (Å²) >= 11 is 8.17. The Labute approximate surface area is 222 Å². The highest BCUT2D eigenvalue weighted by Gasteiger charge is 2.67. The summed E-state index contributed by atoms with van der Waals surface area (Å²) in [6.45, 7) is 2.75. The maximum atomic E-state index is 13.2. The van der Waals surface area contributed by atoms with Gasteiger partial charge >= 0.3 is 0 Å². The second-order valence-corrected chi connectivity index (χ2v) is 11.2. The minimum atomic E-state index is -0.249. The average molecular weight is 603 g/mol. The van der Waals surface area contributed by atoms with E-state index in [4.69, 9.17) is 21.1 Å². The number of hydrogen-bond donors (Lipinski definition) is 0. The van der Waals surface area contributed by atoms with Crippen molar-refractivity contribution in [3.8, 4) is 11.5 Å². The Morgan fingerprint density at radius 2 is 1.71 bits per heavy atom. The summed E-state index contributed by atoms with van der Waals surface area (Å²) in [6.07, 6.45) is 7.04. The third-order valence-electron chi connectivity index (χ3n) is 7.59. The number of carbonyl (C=O) groups is 2. The lowest BCUT2D eigenvalue weighted by atomic mass is 9.63. The molecule has 6 atom stereocenters. The van der Waals surface area contributed by atoms with Crippen LogP contribution in [0, 0.1) is 39.1 Å². The van der Waals surface area contributed by atoms with E-state index in [1.54, 1.807) is 6.21 Å². The molecule has 2 aromatic carbocycles. The molecule has 5 aliphatic rings. The Hall–Kier alpha value is -2.39. The molecular weight excluding hydrogens is 579 g/mol. The molecule has 180 valence electrons. The number of hydrogen-bond acceptors (Lipinski definition) is 5. The highest BCUT2D eigenvalue weighted by molar-refractivity contribution is 14.1. The zero-order valence-electron chi connectivity index (χ0n) is 19.1. The molecule has 0 aromatic heterocycles. The Kier molecular flexibility index (Phi) is 5.87. The monoisotopic (exact) mass is 602 g/mol. The molecule has 0 spiro atoms. The number of carbonyl (C=O) groups excluding carboxylic acids is 2. The van der Waals surface area contributed by atoms with Gasteiger partial charge in [-0.1, -0.05) is 35.9 Å². The molecule has 35 heavy (non-hydrogen) atoms. The smallest absolute Gasteiger partial charge is 0.254 e. The third-order valence-corrected chi connectivity index (χ3v) is 8.64. The number of hydrazone groups is 1. The SMILES string of the molecule is CCOc1cc(C=NN2C(=O)[C@@H]3[C@H]4C=C[C@@H]([C@@H]5C[C@@H]45)[C@@H]3C2=O)cc(I)c1OCc1ccc(Cl)cc1. The van der Waals surface area contributed by atoms with Gasteiger partial charge in [-0.25, -0.2) is 0 Å². The fourth-order valence-corrected chi connectivity index (χ4v) is 6.89. The molecule has 1 heterocycles. The number of benzene rings is 2. The lowest BCUT2D eigenvalue weighted by Crippen LogP contribution is -2.40. The van der Waals surface area contributed by atoms with Crippen molar-refractivity contribution in [2.45, 2.75) is 20.0 Å². The van der Waals surface area contributed by atoms with E-state index in [0.29, 0.717) is 41.6 Å². The molecule has 0 unspecified atom stereocenters. The maximum absolute atomic E-state index is 13.2. The van der Waals surface area contributed by atoms with E-state index < -0.39 is 0 Å². The minimum Gasteiger partial charge on any atom is -0.490 e. The normalized spacial score (nSPS) is 30.1. The molecule has 2 amide bonds. The number of imide groups is 1. The molecule has 1 aliphatic heterocycles. The second kappa shape index (κ2) is 8.92. The largest absolute Gasteiger partial charge is 0.490 e. The molecule has 0 radical (unpaired) electrons. The third kappa shape index (κ3) is 3.96. The zero-order valence-corrected chi connectivity index (χ0v) is 22.0. The van der Waals surface area contributed by atoms with E-state index in [-0.39, 0.29) is 35.5 Å². The number of nitrogens with zero attached hydrogens (tertiary/aromatic N) is 2. The number of halogens is 2. The Balaban J connectivity index is 1.21. The molecule has 3 fully saturated rings. The highest BCUT2D eigenvalue weighted by Crippen LogP contribution is 2.65. The molecule has 6 nitrogen and oxygen atoms in total. The molecule has 8 heteroatoms. The fraction of sp³-hybridized carbons (Fsp3) is 0.370. The van der Waals surface area contributed by atoms with Crippen molar-refractivity contribution >= 4 is 52.2 Å². The summed E-state index contributed by atoms with van der Waals surface area (Å²) in [6, 6.07) is 11.2. The van der Waals surface area contributed by atoms with Crippen molar-refractivity contribution in [1.82, 2.24) is 5.01 Å². The number of allylic oxidation sites excluding steroid dienone is 2. The quantitative estimate of drug-likeness (QED) is 0.187. The van der Waals surface area contributed by atoms with Gasteiger partial charge in [-0.15, -0.1) is 0 Å². The van der Waals surface area contributed by atoms with Crippen LogP contribution in [0.15, 0.2) is 53.7 Å². The predicted molar refractivity (Wildman–Crippen MR) is 140 cm³/mol. The Bertz CT molecular complexity index is 1220. The van der Waals surface area contributed by atoms with Crippen molar-refractivity contribution in [3.63, 3.8) is 0 Å². The predicted octanol–water partition coefficient (Wildman–Crippen LogP) is 5.31. The van der Waals surface area contributed by atoms with Crippen LogP contribution in [0.3, 0.4) is 0 Å². The molecule has 2 bridgehead atoms. The zero-order chi connectivity index (χ0) is 24.3. The first-order chi connectivity index (χ1) is 17.0. The average Bonchev–Trinajstić information content (AvgIpc) is 3.63. The van der Waals surface area contributed by atoms with Crippen LogP contribution in [0.25, 0.3) is 0 Å². The lowest BCUT2D eigenvalue weighted by molar-refractivity contribution is -0.140. The fourth-order valence-electron chi connectivity index (χ4n) is 5.98. The summed E-state index contributed by atoms with van der Waals surface area (Å²) in [7, 11) is 0. The molecular formula is C27H24ClIN2O4. The second-order valence-electron chi connectivity index (χ2n) is 9.57. The summed E-state index contributed by atoms with van der Waals surface area (Å²) in [4.78, 5) is 26.3. The van der Waals surface area contributed by atoms with Gasteiger partial charge in [0, 0.05) is 5.02 Å². The first-order valence-corrected chi connectivity index (χ1v) is 13.4. The summed E-state index contributed by atoms with van der Waals surface area (Å²) in [5.74, 6) is 1.92. The van der Waals surface area contributed by atoms with Crippen LogP contribution in [0.1, 0.15) is 24.5 Å². The van der Waals surface area contributed by atoms with E-state index in [2.05, 4.69) is 39.8 Å². The van der Waals surface area contributed by atoms with Crippen LogP contribution in [-0.4, -0.2) is 29.6 Å². The van der Waals surface area contributed by atoms with Gasteiger partial charge in [0.1, 0.15) is 6.61 Å². The topological polar surface area (TPSA) is 68.2 Å². The summed E-state index contributed by atoms with van der Waals surface area (Å²) < 4.78 is 12.8. The van der Waals surface area contributed by atoms with Crippen molar-refractivity contribution in [1.29, 1.82) is 0 Å². The molecule has 7 rings (SSSR count). The van der Waals surface area contributed by atoms with Crippen LogP contribution < -0.4 is 9.47 Å². The standard InChI is InChI=1S/C27H24ClIN2O4/c1-2-34-22-10-15(9-21(29)25(22)35-13-14-3-5-16(28)6-4-14)12-30-31-26(32)23-17-7-8-18(20-11-19(17)20)24(23)27(31)33/h3-10,12,17-20,23-24H,2,11,13H2,1H3/t17-,18-,19-,20-,23-,24+/m0/s1. The van der Waals surface area contributed by atoms with Gasteiger partial charge in [0.2, 0.25) is 0 Å². The maximum Gasteiger partial charge on any atom is 0.254 e. The minimum absolute atomic E-state index is 0.163. The summed E-state index contributed by atoms with van der Waals surface area (Å²) in [5, 5.41) is 6.14. The van der Waals surface area contributed by atoms with Crippen LogP contribution >= 0.6 is 34.2 Å². The van der Waals surface area contributed by atoms with Crippen molar-refractivity contribution in [3.05, 3.63) is 68.3 Å². The van der Waals surface area contributed by atoms with Gasteiger partial charge in [-0.3, -0.25) is 9.59 Å². The van der Waals surface area contributed by atoms with E-state index in [1.165, 1.54) is 0 Å². The van der Waals surface area contributed by atoms with Crippen molar-refractivity contribution < 1.29 is 19.1 Å². The first kappa shape index (κ1) is 23.0. The molecule has 1 saturated heterocycles. The van der Waals surface area contributed by atoms with Crippen LogP contribution in [0.4, 0.5) is 0 Å². The van der Waals surface area contributed by atoms with Gasteiger partial charge < -0.3 is 9.47 Å². The van der Waals surface area contributed by atoms with Gasteiger partial charge in [0.25, 0.3) is 11.8 Å². The van der Waals surface area contributed by atoms with Gasteiger partial charge in [-0.2, -0.15) is 10.1 Å². The van der Waals surface area contributed by atoms with Crippen molar-refractivity contribution in [2.75, 3.05) is 6.61 Å². The van der Waals surface area contributed by atoms with Gasteiger partial charge in [0.05, 0.1) is 28.2 Å². The molecule has 2 aromatic rings. The Morgan fingerprint density at radius 3 is 2.34 bits per heavy atom. The van der Waals surface area contributed by atoms with Crippen LogP contribution in [-0.2, 0) is 16.2 Å². The molecule has 4 aliphatic carbocycles. The van der Waals surface area contributed by atoms with E-state index >= 15 is 0 Å². The van der Waals surface area contributed by atoms with E-state index in [1.807, 2.05) is 43.3 Å². The number of rotatable bonds is 7. The number of amides is 2. The van der Waals surface area contributed by atoms with Crippen LogP contribution in [0.5, 0.6) is 11.5 Å². The van der Waals surface area contributed by atoms with Gasteiger partial charge in [0.15, 0.2) is 11.5 Å². The highest BCUT2D eigenvalue weighted by atomic mass is 127. The lowest BCUT2D eigenvalue weighted by Gasteiger charge is -2.37. The Morgan fingerprint density at radius 1 is 1.06 bits per heavy atom. The van der Waals surface area contributed by atoms with Crippen LogP contribution in [0.2, 0.25) is 5.02 Å². The van der Waals surface area contributed by atoms with E-state index in [0.717, 1.165) is 26.1 Å². The molecule has 0 N–H and O–H groups in total. The summed E-state index contributed by atoms with van der Waals surface area (Å²) in [5.41, 5.74) is 1.73. The van der Waals surface area contributed by atoms with E-state index in [9.17, 15) is 9.59 Å². The molecule has 2 saturated carbocycles. The first-order valence-electron chi connectivity index (χ1n) is 11.9. The number of ether oxygens (including phenoxy) is 2. The van der Waals surface area contributed by atoms with Gasteiger partial charge in [-0.05, 0) is 95.0 Å².